The molecule has 2 aromatic rings. The van der Waals surface area contributed by atoms with Gasteiger partial charge in [0.05, 0.1) is 23.0 Å². The van der Waals surface area contributed by atoms with Gasteiger partial charge in [0.1, 0.15) is 0 Å². The summed E-state index contributed by atoms with van der Waals surface area (Å²) >= 11 is 12.1. The summed E-state index contributed by atoms with van der Waals surface area (Å²) in [5.41, 5.74) is 1.49. The van der Waals surface area contributed by atoms with E-state index in [9.17, 15) is 4.79 Å². The van der Waals surface area contributed by atoms with Crippen LogP contribution in [-0.2, 0) is 0 Å². The minimum atomic E-state index is -0.429. The summed E-state index contributed by atoms with van der Waals surface area (Å²) in [7, 11) is 3.75. The third kappa shape index (κ3) is 4.27. The van der Waals surface area contributed by atoms with E-state index in [2.05, 4.69) is 10.3 Å². The summed E-state index contributed by atoms with van der Waals surface area (Å²) < 4.78 is 5.30. The van der Waals surface area contributed by atoms with Gasteiger partial charge in [0.25, 0.3) is 5.91 Å². The smallest absolute Gasteiger partial charge is 0.276 e. The minimum Gasteiger partial charge on any atom is -0.478 e. The second-order valence-corrected chi connectivity index (χ2v) is 5.77. The lowest BCUT2D eigenvalue weighted by Crippen LogP contribution is -2.18. The zero-order valence-electron chi connectivity index (χ0n) is 13.1. The molecule has 7 heteroatoms. The van der Waals surface area contributed by atoms with Gasteiger partial charge in [0, 0.05) is 25.2 Å². The number of pyridine rings is 1. The predicted molar refractivity (Wildman–Crippen MR) is 94.1 cm³/mol. The van der Waals surface area contributed by atoms with E-state index in [1.165, 1.54) is 0 Å². The molecule has 0 saturated heterocycles. The lowest BCUT2D eigenvalue weighted by molar-refractivity contribution is 0.102. The second kappa shape index (κ2) is 7.53. The Kier molecular flexibility index (Phi) is 5.69. The van der Waals surface area contributed by atoms with Gasteiger partial charge in [0.15, 0.2) is 5.69 Å². The molecule has 0 aliphatic rings. The van der Waals surface area contributed by atoms with Crippen molar-refractivity contribution >= 4 is 40.5 Å². The first kappa shape index (κ1) is 17.4. The number of carbonyl (C=O) groups excluding carboxylic acids is 1. The van der Waals surface area contributed by atoms with Gasteiger partial charge in [-0.05, 0) is 31.2 Å². The molecule has 0 fully saturated rings. The van der Waals surface area contributed by atoms with Crippen molar-refractivity contribution in [2.24, 2.45) is 0 Å². The number of hydrogen-bond acceptors (Lipinski definition) is 4. The lowest BCUT2D eigenvalue weighted by atomic mass is 10.2. The van der Waals surface area contributed by atoms with Crippen LogP contribution in [0, 0.1) is 0 Å². The zero-order chi connectivity index (χ0) is 17.0. The summed E-state index contributed by atoms with van der Waals surface area (Å²) in [6.07, 6.45) is 0. The average Bonchev–Trinajstić information content (AvgIpc) is 2.49. The standard InChI is InChI=1S/C16H17Cl2N3O2/c1-4-23-14-8-6-11(18)15(20-14)16(22)19-12-9-10(17)5-7-13(12)21(2)3/h5-9H,4H2,1-3H3,(H,19,22). The Morgan fingerprint density at radius 2 is 2.00 bits per heavy atom. The zero-order valence-corrected chi connectivity index (χ0v) is 14.6. The van der Waals surface area contributed by atoms with Crippen LogP contribution in [0.2, 0.25) is 10.0 Å². The molecular weight excluding hydrogens is 337 g/mol. The molecule has 122 valence electrons. The van der Waals surface area contributed by atoms with Crippen molar-refractivity contribution in [1.82, 2.24) is 4.98 Å². The Balaban J connectivity index is 2.32. The average molecular weight is 354 g/mol. The molecule has 23 heavy (non-hydrogen) atoms. The summed E-state index contributed by atoms with van der Waals surface area (Å²) in [5.74, 6) is -0.0807. The predicted octanol–water partition coefficient (Wildman–Crippen LogP) is 4.11. The maximum Gasteiger partial charge on any atom is 0.276 e. The van der Waals surface area contributed by atoms with Crippen molar-refractivity contribution < 1.29 is 9.53 Å². The van der Waals surface area contributed by atoms with Crippen LogP contribution in [-0.4, -0.2) is 31.6 Å². The van der Waals surface area contributed by atoms with Gasteiger partial charge in [-0.3, -0.25) is 4.79 Å². The number of amides is 1. The summed E-state index contributed by atoms with van der Waals surface area (Å²) in [4.78, 5) is 18.5. The van der Waals surface area contributed by atoms with Crippen LogP contribution in [0.25, 0.3) is 0 Å². The molecule has 0 unspecified atom stereocenters. The van der Waals surface area contributed by atoms with Crippen LogP contribution in [0.4, 0.5) is 11.4 Å². The van der Waals surface area contributed by atoms with E-state index in [0.717, 1.165) is 5.69 Å². The Labute approximate surface area is 145 Å². The van der Waals surface area contributed by atoms with Crippen LogP contribution in [0.5, 0.6) is 5.88 Å². The fourth-order valence-corrected chi connectivity index (χ4v) is 2.35. The molecule has 0 spiro atoms. The maximum atomic E-state index is 12.5. The molecule has 5 nitrogen and oxygen atoms in total. The fraction of sp³-hybridized carbons (Fsp3) is 0.250. The van der Waals surface area contributed by atoms with Crippen LogP contribution < -0.4 is 15.0 Å². The Morgan fingerprint density at radius 1 is 1.26 bits per heavy atom. The molecule has 1 heterocycles. The number of halogens is 2. The quantitative estimate of drug-likeness (QED) is 0.878. The molecule has 0 aliphatic carbocycles. The van der Waals surface area contributed by atoms with Gasteiger partial charge in [-0.25, -0.2) is 4.98 Å². The Bertz CT molecular complexity index is 720. The number of rotatable bonds is 5. The SMILES string of the molecule is CCOc1ccc(Cl)c(C(=O)Nc2cc(Cl)ccc2N(C)C)n1. The van der Waals surface area contributed by atoms with Crippen molar-refractivity contribution in [2.45, 2.75) is 6.92 Å². The van der Waals surface area contributed by atoms with E-state index >= 15 is 0 Å². The van der Waals surface area contributed by atoms with Gasteiger partial charge in [0.2, 0.25) is 5.88 Å². The van der Waals surface area contributed by atoms with Crippen LogP contribution in [0.3, 0.4) is 0 Å². The lowest BCUT2D eigenvalue weighted by Gasteiger charge is -2.18. The third-order valence-corrected chi connectivity index (χ3v) is 3.56. The normalized spacial score (nSPS) is 10.3. The van der Waals surface area contributed by atoms with Crippen molar-refractivity contribution in [3.63, 3.8) is 0 Å². The third-order valence-electron chi connectivity index (χ3n) is 3.02. The van der Waals surface area contributed by atoms with Crippen LogP contribution in [0.15, 0.2) is 30.3 Å². The number of carbonyl (C=O) groups is 1. The summed E-state index contributed by atoms with van der Waals surface area (Å²) in [6.45, 7) is 2.29. The number of nitrogens with one attached hydrogen (secondary N) is 1. The van der Waals surface area contributed by atoms with Crippen LogP contribution in [0.1, 0.15) is 17.4 Å². The van der Waals surface area contributed by atoms with Crippen molar-refractivity contribution in [1.29, 1.82) is 0 Å². The largest absolute Gasteiger partial charge is 0.478 e. The highest BCUT2D eigenvalue weighted by Gasteiger charge is 2.16. The molecule has 1 N–H and O–H groups in total. The van der Waals surface area contributed by atoms with E-state index in [-0.39, 0.29) is 10.7 Å². The number of benzene rings is 1. The van der Waals surface area contributed by atoms with Crippen molar-refractivity contribution in [2.75, 3.05) is 30.9 Å². The number of hydrogen-bond donors (Lipinski definition) is 1. The van der Waals surface area contributed by atoms with E-state index in [1.807, 2.05) is 32.0 Å². The number of nitrogens with zero attached hydrogens (tertiary/aromatic N) is 2. The highest BCUT2D eigenvalue weighted by atomic mass is 35.5. The topological polar surface area (TPSA) is 54.5 Å². The first-order valence-electron chi connectivity index (χ1n) is 7.00. The van der Waals surface area contributed by atoms with Crippen molar-refractivity contribution in [3.8, 4) is 5.88 Å². The Hall–Kier alpha value is -1.98. The Morgan fingerprint density at radius 3 is 2.65 bits per heavy atom. The summed E-state index contributed by atoms with van der Waals surface area (Å²) in [5, 5.41) is 3.56. The monoisotopic (exact) mass is 353 g/mol. The molecule has 0 bridgehead atoms. The highest BCUT2D eigenvalue weighted by Crippen LogP contribution is 2.29. The number of ether oxygens (including phenoxy) is 1. The van der Waals surface area contributed by atoms with Gasteiger partial charge < -0.3 is 15.0 Å². The number of aromatic nitrogens is 1. The van der Waals surface area contributed by atoms with E-state index in [0.29, 0.717) is 23.2 Å². The number of anilines is 2. The molecule has 1 aromatic carbocycles. The minimum absolute atomic E-state index is 0.0994. The summed E-state index contributed by atoms with van der Waals surface area (Å²) in [6, 6.07) is 8.46. The van der Waals surface area contributed by atoms with E-state index in [1.54, 1.807) is 24.3 Å². The molecular formula is C16H17Cl2N3O2. The van der Waals surface area contributed by atoms with Crippen LogP contribution >= 0.6 is 23.2 Å². The molecule has 2 rings (SSSR count). The van der Waals surface area contributed by atoms with Crippen molar-refractivity contribution in [3.05, 3.63) is 46.1 Å². The van der Waals surface area contributed by atoms with Gasteiger partial charge in [-0.1, -0.05) is 23.2 Å². The molecule has 0 aliphatic heterocycles. The fourth-order valence-electron chi connectivity index (χ4n) is 1.99. The molecule has 1 amide bonds. The van der Waals surface area contributed by atoms with E-state index in [4.69, 9.17) is 27.9 Å². The maximum absolute atomic E-state index is 12.5. The van der Waals surface area contributed by atoms with Gasteiger partial charge in [-0.15, -0.1) is 0 Å². The van der Waals surface area contributed by atoms with Gasteiger partial charge in [-0.2, -0.15) is 0 Å². The molecule has 0 atom stereocenters. The van der Waals surface area contributed by atoms with Gasteiger partial charge >= 0.3 is 0 Å². The molecule has 0 radical (unpaired) electrons. The highest BCUT2D eigenvalue weighted by molar-refractivity contribution is 6.34. The molecule has 1 aromatic heterocycles. The molecule has 0 saturated carbocycles. The first-order chi connectivity index (χ1) is 10.9. The van der Waals surface area contributed by atoms with E-state index < -0.39 is 5.91 Å². The first-order valence-corrected chi connectivity index (χ1v) is 7.75. The second-order valence-electron chi connectivity index (χ2n) is 4.92.